The highest BCUT2D eigenvalue weighted by molar-refractivity contribution is 5.49. The molecule has 0 spiro atoms. The van der Waals surface area contributed by atoms with E-state index in [1.165, 1.54) is 11.1 Å². The number of ether oxygens (including phenoxy) is 2. The Morgan fingerprint density at radius 3 is 2.37 bits per heavy atom. The van der Waals surface area contributed by atoms with Crippen molar-refractivity contribution in [1.82, 2.24) is 0 Å². The molecule has 2 unspecified atom stereocenters. The molecule has 0 bridgehead atoms. The first-order chi connectivity index (χ1) is 9.42. The molecule has 1 heterocycles. The fraction of sp³-hybridized carbons (Fsp3) is 0.176. The van der Waals surface area contributed by atoms with Crippen LogP contribution in [-0.2, 0) is 16.1 Å². The molecule has 2 atom stereocenters. The van der Waals surface area contributed by atoms with Crippen LogP contribution in [0.4, 0.5) is 0 Å². The van der Waals surface area contributed by atoms with Crippen LogP contribution in [0.25, 0.3) is 6.08 Å². The van der Waals surface area contributed by atoms with Crippen molar-refractivity contribution in [3.8, 4) is 0 Å². The predicted molar refractivity (Wildman–Crippen MR) is 75.4 cm³/mol. The van der Waals surface area contributed by atoms with E-state index in [0.29, 0.717) is 6.61 Å². The van der Waals surface area contributed by atoms with E-state index < -0.39 is 0 Å². The summed E-state index contributed by atoms with van der Waals surface area (Å²) in [6.45, 7) is 0.598. The van der Waals surface area contributed by atoms with E-state index in [-0.39, 0.29) is 12.4 Å². The van der Waals surface area contributed by atoms with Gasteiger partial charge in [-0.25, -0.2) is 0 Å². The molecule has 2 aromatic carbocycles. The van der Waals surface area contributed by atoms with Crippen LogP contribution >= 0.6 is 0 Å². The lowest BCUT2D eigenvalue weighted by Crippen LogP contribution is -1.98. The summed E-state index contributed by atoms with van der Waals surface area (Å²) < 4.78 is 11.1. The Bertz CT molecular complexity index is 534. The van der Waals surface area contributed by atoms with Crippen LogP contribution in [0.1, 0.15) is 11.1 Å². The molecule has 96 valence electrons. The smallest absolute Gasteiger partial charge is 0.188 e. The quantitative estimate of drug-likeness (QED) is 0.758. The van der Waals surface area contributed by atoms with Gasteiger partial charge < -0.3 is 9.47 Å². The van der Waals surface area contributed by atoms with Crippen molar-refractivity contribution < 1.29 is 9.47 Å². The Hall–Kier alpha value is -1.90. The van der Waals surface area contributed by atoms with Crippen molar-refractivity contribution in [2.45, 2.75) is 19.0 Å². The van der Waals surface area contributed by atoms with Crippen molar-refractivity contribution in [2.75, 3.05) is 0 Å². The second kappa shape index (κ2) is 5.83. The van der Waals surface area contributed by atoms with Crippen molar-refractivity contribution in [3.05, 3.63) is 77.9 Å². The Kier molecular flexibility index (Phi) is 3.73. The summed E-state index contributed by atoms with van der Waals surface area (Å²) in [6.07, 6.45) is 4.10. The maximum Gasteiger partial charge on any atom is 0.188 e. The summed E-state index contributed by atoms with van der Waals surface area (Å²) in [5, 5.41) is 0. The van der Waals surface area contributed by atoms with Gasteiger partial charge >= 0.3 is 0 Å². The van der Waals surface area contributed by atoms with Crippen LogP contribution in [0.3, 0.4) is 0 Å². The molecule has 1 aliphatic rings. The van der Waals surface area contributed by atoms with E-state index in [4.69, 9.17) is 9.47 Å². The van der Waals surface area contributed by atoms with Gasteiger partial charge in [-0.3, -0.25) is 0 Å². The largest absolute Gasteiger partial charge is 0.345 e. The maximum atomic E-state index is 5.67. The summed E-state index contributed by atoms with van der Waals surface area (Å²) in [5.74, 6) is 0. The standard InChI is InChI=1S/C17H16O2/c1-3-7-14(8-4-1)11-12-16-17(19-16)18-13-15-9-5-2-6-10-15/h1-12,16-17H,13H2/b12-11+. The first-order valence-corrected chi connectivity index (χ1v) is 6.46. The van der Waals surface area contributed by atoms with Crippen LogP contribution in [-0.4, -0.2) is 12.4 Å². The molecule has 1 fully saturated rings. The summed E-state index contributed by atoms with van der Waals surface area (Å²) in [5.41, 5.74) is 2.35. The van der Waals surface area contributed by atoms with E-state index in [1.54, 1.807) is 0 Å². The molecular formula is C17H16O2. The minimum atomic E-state index is -0.0971. The molecule has 2 aromatic rings. The van der Waals surface area contributed by atoms with E-state index in [1.807, 2.05) is 42.5 Å². The molecule has 1 saturated heterocycles. The number of benzene rings is 2. The van der Waals surface area contributed by atoms with Gasteiger partial charge in [-0.1, -0.05) is 72.8 Å². The Balaban J connectivity index is 1.46. The molecule has 0 saturated carbocycles. The third-order valence-corrected chi connectivity index (χ3v) is 3.02. The van der Waals surface area contributed by atoms with Crippen LogP contribution in [0.15, 0.2) is 66.7 Å². The molecule has 0 N–H and O–H groups in total. The predicted octanol–water partition coefficient (Wildman–Crippen LogP) is 3.64. The van der Waals surface area contributed by atoms with Gasteiger partial charge in [-0.05, 0) is 11.1 Å². The van der Waals surface area contributed by atoms with E-state index in [0.717, 1.165) is 0 Å². The molecule has 1 aliphatic heterocycles. The lowest BCUT2D eigenvalue weighted by Gasteiger charge is -1.99. The van der Waals surface area contributed by atoms with E-state index in [2.05, 4.69) is 30.3 Å². The zero-order valence-electron chi connectivity index (χ0n) is 10.6. The summed E-state index contributed by atoms with van der Waals surface area (Å²) in [4.78, 5) is 0. The SMILES string of the molecule is C(=C\C1OC1OCc1ccccc1)/c1ccccc1. The van der Waals surface area contributed by atoms with E-state index >= 15 is 0 Å². The molecule has 2 heteroatoms. The van der Waals surface area contributed by atoms with Gasteiger partial charge in [0.05, 0.1) is 6.61 Å². The number of hydrogen-bond acceptors (Lipinski definition) is 2. The first-order valence-electron chi connectivity index (χ1n) is 6.46. The van der Waals surface area contributed by atoms with Crippen LogP contribution in [0.2, 0.25) is 0 Å². The van der Waals surface area contributed by atoms with Crippen LogP contribution in [0, 0.1) is 0 Å². The van der Waals surface area contributed by atoms with E-state index in [9.17, 15) is 0 Å². The maximum absolute atomic E-state index is 5.67. The second-order valence-corrected chi connectivity index (χ2v) is 4.54. The second-order valence-electron chi connectivity index (χ2n) is 4.54. The van der Waals surface area contributed by atoms with Gasteiger partial charge in [-0.15, -0.1) is 0 Å². The summed E-state index contributed by atoms with van der Waals surface area (Å²) >= 11 is 0. The molecule has 0 aromatic heterocycles. The summed E-state index contributed by atoms with van der Waals surface area (Å²) in [6, 6.07) is 20.3. The normalized spacial score (nSPS) is 21.7. The lowest BCUT2D eigenvalue weighted by molar-refractivity contribution is 0.0385. The van der Waals surface area contributed by atoms with Crippen molar-refractivity contribution in [3.63, 3.8) is 0 Å². The van der Waals surface area contributed by atoms with Gasteiger partial charge in [-0.2, -0.15) is 0 Å². The highest BCUT2D eigenvalue weighted by atomic mass is 16.8. The molecule has 19 heavy (non-hydrogen) atoms. The number of rotatable bonds is 5. The van der Waals surface area contributed by atoms with Crippen LogP contribution < -0.4 is 0 Å². The molecule has 2 nitrogen and oxygen atoms in total. The average molecular weight is 252 g/mol. The number of hydrogen-bond donors (Lipinski definition) is 0. The molecule has 0 aliphatic carbocycles. The topological polar surface area (TPSA) is 21.8 Å². The monoisotopic (exact) mass is 252 g/mol. The van der Waals surface area contributed by atoms with Crippen molar-refractivity contribution >= 4 is 6.08 Å². The average Bonchev–Trinajstić information content (AvgIpc) is 3.24. The van der Waals surface area contributed by atoms with Crippen molar-refractivity contribution in [2.24, 2.45) is 0 Å². The lowest BCUT2D eigenvalue weighted by atomic mass is 10.2. The minimum Gasteiger partial charge on any atom is -0.345 e. The van der Waals surface area contributed by atoms with Gasteiger partial charge in [0.1, 0.15) is 6.10 Å². The van der Waals surface area contributed by atoms with Gasteiger partial charge in [0.2, 0.25) is 0 Å². The Morgan fingerprint density at radius 1 is 0.947 bits per heavy atom. The third kappa shape index (κ3) is 3.53. The molecular weight excluding hydrogens is 236 g/mol. The first kappa shape index (κ1) is 12.2. The van der Waals surface area contributed by atoms with Gasteiger partial charge in [0, 0.05) is 0 Å². The third-order valence-electron chi connectivity index (χ3n) is 3.02. The zero-order chi connectivity index (χ0) is 12.9. The zero-order valence-corrected chi connectivity index (χ0v) is 10.6. The number of epoxide rings is 1. The highest BCUT2D eigenvalue weighted by Gasteiger charge is 2.37. The Labute approximate surface area is 113 Å². The summed E-state index contributed by atoms with van der Waals surface area (Å²) in [7, 11) is 0. The van der Waals surface area contributed by atoms with Crippen LogP contribution in [0.5, 0.6) is 0 Å². The molecule has 3 rings (SSSR count). The fourth-order valence-electron chi connectivity index (χ4n) is 1.90. The molecule has 0 radical (unpaired) electrons. The minimum absolute atomic E-state index is 0.0870. The van der Waals surface area contributed by atoms with Crippen molar-refractivity contribution in [1.29, 1.82) is 0 Å². The fourth-order valence-corrected chi connectivity index (χ4v) is 1.90. The molecule has 0 amide bonds. The van der Waals surface area contributed by atoms with Gasteiger partial charge in [0.25, 0.3) is 0 Å². The van der Waals surface area contributed by atoms with Gasteiger partial charge in [0.15, 0.2) is 6.29 Å². The Morgan fingerprint density at radius 2 is 1.63 bits per heavy atom. The highest BCUT2D eigenvalue weighted by Crippen LogP contribution is 2.26.